The molecule has 162 valence electrons. The van der Waals surface area contributed by atoms with Crippen LogP contribution in [0.25, 0.3) is 11.4 Å². The summed E-state index contributed by atoms with van der Waals surface area (Å²) >= 11 is 0. The molecule has 6 nitrogen and oxygen atoms in total. The second-order valence-electron chi connectivity index (χ2n) is 7.85. The Labute approximate surface area is 187 Å². The van der Waals surface area contributed by atoms with Gasteiger partial charge in [0.1, 0.15) is 11.6 Å². The molecule has 6 heteroatoms. The lowest BCUT2D eigenvalue weighted by Crippen LogP contribution is -2.21. The Bertz CT molecular complexity index is 1190. The minimum absolute atomic E-state index is 0.0919. The molecule has 0 radical (unpaired) electrons. The third kappa shape index (κ3) is 5.21. The van der Waals surface area contributed by atoms with Gasteiger partial charge in [0.25, 0.3) is 5.91 Å². The van der Waals surface area contributed by atoms with E-state index in [0.29, 0.717) is 17.3 Å². The van der Waals surface area contributed by atoms with Gasteiger partial charge in [0, 0.05) is 17.9 Å². The Hall–Kier alpha value is -3.93. The number of aromatic nitrogens is 3. The Balaban J connectivity index is 1.43. The molecule has 0 atom stereocenters. The zero-order valence-corrected chi connectivity index (χ0v) is 18.2. The highest BCUT2D eigenvalue weighted by Crippen LogP contribution is 2.26. The number of aromatic amines is 1. The van der Waals surface area contributed by atoms with E-state index in [1.165, 1.54) is 5.56 Å². The van der Waals surface area contributed by atoms with Gasteiger partial charge in [0.15, 0.2) is 12.4 Å². The van der Waals surface area contributed by atoms with Crippen molar-refractivity contribution in [1.82, 2.24) is 15.2 Å². The molecule has 0 bridgehead atoms. The fraction of sp³-hybridized carbons (Fsp3) is 0.192. The maximum absolute atomic E-state index is 12.7. The predicted octanol–water partition coefficient (Wildman–Crippen LogP) is 5.20. The van der Waals surface area contributed by atoms with Gasteiger partial charge in [-0.15, -0.1) is 0 Å². The zero-order chi connectivity index (χ0) is 22.3. The van der Waals surface area contributed by atoms with Gasteiger partial charge in [0.2, 0.25) is 0 Å². The number of hydrogen-bond donors (Lipinski definition) is 2. The van der Waals surface area contributed by atoms with Gasteiger partial charge in [-0.05, 0) is 29.3 Å². The molecule has 0 spiro atoms. The van der Waals surface area contributed by atoms with Gasteiger partial charge >= 0.3 is 0 Å². The van der Waals surface area contributed by atoms with Crippen molar-refractivity contribution >= 4 is 11.6 Å². The average Bonchev–Trinajstić information content (AvgIpc) is 3.30. The Morgan fingerprint density at radius 1 is 0.969 bits per heavy atom. The molecular weight excluding hydrogens is 400 g/mol. The molecule has 32 heavy (non-hydrogen) atoms. The van der Waals surface area contributed by atoms with Gasteiger partial charge in [-0.2, -0.15) is 5.10 Å². The number of carbonyl (C=O) groups is 1. The van der Waals surface area contributed by atoms with Crippen molar-refractivity contribution in [3.63, 3.8) is 0 Å². The average molecular weight is 427 g/mol. The van der Waals surface area contributed by atoms with E-state index in [2.05, 4.69) is 32.6 Å². The first kappa shape index (κ1) is 21.3. The van der Waals surface area contributed by atoms with Crippen LogP contribution in [0, 0.1) is 0 Å². The Morgan fingerprint density at radius 2 is 1.69 bits per heavy atom. The van der Waals surface area contributed by atoms with Crippen molar-refractivity contribution in [2.45, 2.75) is 26.2 Å². The summed E-state index contributed by atoms with van der Waals surface area (Å²) in [7, 11) is 0. The molecule has 0 saturated heterocycles. The highest BCUT2D eigenvalue weighted by Gasteiger charge is 2.14. The van der Waals surface area contributed by atoms with Crippen molar-refractivity contribution in [2.24, 2.45) is 0 Å². The Kier molecular flexibility index (Phi) is 6.60. The summed E-state index contributed by atoms with van der Waals surface area (Å²) in [5, 5.41) is 10.2. The lowest BCUT2D eigenvalue weighted by Gasteiger charge is -2.13. The number of nitrogens with zero attached hydrogens (tertiary/aromatic N) is 2. The maximum atomic E-state index is 12.7. The van der Waals surface area contributed by atoms with Crippen molar-refractivity contribution in [3.05, 3.63) is 95.8 Å². The highest BCUT2D eigenvalue weighted by molar-refractivity contribution is 5.95. The van der Waals surface area contributed by atoms with Crippen LogP contribution in [0.1, 0.15) is 36.7 Å². The highest BCUT2D eigenvalue weighted by atomic mass is 16.5. The van der Waals surface area contributed by atoms with Gasteiger partial charge < -0.3 is 10.1 Å². The summed E-state index contributed by atoms with van der Waals surface area (Å²) in [6, 6.07) is 25.5. The van der Waals surface area contributed by atoms with Gasteiger partial charge in [0.05, 0.1) is 5.69 Å². The largest absolute Gasteiger partial charge is 0.483 e. The first-order valence-corrected chi connectivity index (χ1v) is 10.7. The van der Waals surface area contributed by atoms with E-state index < -0.39 is 0 Å². The molecule has 0 aliphatic heterocycles. The number of ether oxygens (including phenoxy) is 1. The van der Waals surface area contributed by atoms with Crippen LogP contribution in [0.3, 0.4) is 0 Å². The number of H-pyrrole nitrogens is 1. The van der Waals surface area contributed by atoms with E-state index in [-0.39, 0.29) is 18.4 Å². The van der Waals surface area contributed by atoms with Crippen LogP contribution < -0.4 is 10.1 Å². The summed E-state index contributed by atoms with van der Waals surface area (Å²) in [4.78, 5) is 17.2. The van der Waals surface area contributed by atoms with E-state index in [1.54, 1.807) is 0 Å². The molecule has 1 amide bonds. The molecule has 0 aliphatic carbocycles. The fourth-order valence-corrected chi connectivity index (χ4v) is 3.38. The molecule has 0 unspecified atom stereocenters. The van der Waals surface area contributed by atoms with E-state index in [0.717, 1.165) is 23.4 Å². The van der Waals surface area contributed by atoms with Gasteiger partial charge in [-0.3, -0.25) is 9.89 Å². The smallest absolute Gasteiger partial charge is 0.262 e. The summed E-state index contributed by atoms with van der Waals surface area (Å²) in [6.45, 7) is 4.00. The SMILES string of the molecule is CC(C)c1nc(-c2ccccc2NC(=O)COc2ccccc2Cc2ccccc2)n[nH]1. The van der Waals surface area contributed by atoms with E-state index in [4.69, 9.17) is 4.74 Å². The molecule has 1 heterocycles. The molecule has 1 aromatic heterocycles. The maximum Gasteiger partial charge on any atom is 0.262 e. The van der Waals surface area contributed by atoms with Crippen molar-refractivity contribution in [2.75, 3.05) is 11.9 Å². The van der Waals surface area contributed by atoms with Gasteiger partial charge in [-0.1, -0.05) is 74.5 Å². The zero-order valence-electron chi connectivity index (χ0n) is 18.2. The molecule has 4 aromatic rings. The standard InChI is InChI=1S/C26H26N4O2/c1-18(2)25-28-26(30-29-25)21-13-7-8-14-22(21)27-24(31)17-32-23-15-9-6-12-20(23)16-19-10-4-3-5-11-19/h3-15,18H,16-17H2,1-2H3,(H,27,31)(H,28,29,30). The molecule has 3 aromatic carbocycles. The lowest BCUT2D eigenvalue weighted by atomic mass is 10.0. The minimum atomic E-state index is -0.244. The van der Waals surface area contributed by atoms with Crippen LogP contribution in [-0.2, 0) is 11.2 Å². The predicted molar refractivity (Wildman–Crippen MR) is 126 cm³/mol. The van der Waals surface area contributed by atoms with Crippen molar-refractivity contribution in [3.8, 4) is 17.1 Å². The minimum Gasteiger partial charge on any atom is -0.483 e. The first-order valence-electron chi connectivity index (χ1n) is 10.7. The molecule has 0 fully saturated rings. The molecule has 0 saturated carbocycles. The molecule has 4 rings (SSSR count). The van der Waals surface area contributed by atoms with Crippen LogP contribution in [-0.4, -0.2) is 27.7 Å². The lowest BCUT2D eigenvalue weighted by molar-refractivity contribution is -0.118. The van der Waals surface area contributed by atoms with Gasteiger partial charge in [-0.25, -0.2) is 4.98 Å². The first-order chi connectivity index (χ1) is 15.6. The summed E-state index contributed by atoms with van der Waals surface area (Å²) in [6.07, 6.45) is 0.741. The Morgan fingerprint density at radius 3 is 2.47 bits per heavy atom. The number of para-hydroxylation sites is 2. The molecular formula is C26H26N4O2. The van der Waals surface area contributed by atoms with E-state index >= 15 is 0 Å². The summed E-state index contributed by atoms with van der Waals surface area (Å²) in [5.74, 6) is 2.06. The van der Waals surface area contributed by atoms with Crippen LogP contribution in [0.5, 0.6) is 5.75 Å². The van der Waals surface area contributed by atoms with Crippen LogP contribution in [0.4, 0.5) is 5.69 Å². The van der Waals surface area contributed by atoms with E-state index in [1.807, 2.05) is 80.6 Å². The molecule has 0 aliphatic rings. The van der Waals surface area contributed by atoms with Crippen molar-refractivity contribution in [1.29, 1.82) is 0 Å². The normalized spacial score (nSPS) is 10.8. The van der Waals surface area contributed by atoms with Crippen LogP contribution in [0.15, 0.2) is 78.9 Å². The number of anilines is 1. The summed E-state index contributed by atoms with van der Waals surface area (Å²) < 4.78 is 5.88. The number of hydrogen-bond acceptors (Lipinski definition) is 4. The van der Waals surface area contributed by atoms with Crippen LogP contribution in [0.2, 0.25) is 0 Å². The van der Waals surface area contributed by atoms with Crippen molar-refractivity contribution < 1.29 is 9.53 Å². The number of rotatable bonds is 8. The second-order valence-corrected chi connectivity index (χ2v) is 7.85. The molecule has 2 N–H and O–H groups in total. The van der Waals surface area contributed by atoms with E-state index in [9.17, 15) is 4.79 Å². The third-order valence-corrected chi connectivity index (χ3v) is 5.06. The summed E-state index contributed by atoms with van der Waals surface area (Å²) in [5.41, 5.74) is 3.63. The second kappa shape index (κ2) is 9.92. The van der Waals surface area contributed by atoms with Crippen LogP contribution >= 0.6 is 0 Å². The number of amides is 1. The third-order valence-electron chi connectivity index (χ3n) is 5.06. The quantitative estimate of drug-likeness (QED) is 0.406. The fourth-order valence-electron chi connectivity index (χ4n) is 3.38. The number of benzene rings is 3. The number of nitrogens with one attached hydrogen (secondary N) is 2. The monoisotopic (exact) mass is 426 g/mol. The topological polar surface area (TPSA) is 79.9 Å². The number of carbonyl (C=O) groups excluding carboxylic acids is 1.